The maximum atomic E-state index is 11.7. The van der Waals surface area contributed by atoms with Crippen LogP contribution in [0.25, 0.3) is 27.7 Å². The Hall–Kier alpha value is -3.95. The minimum atomic E-state index is -0.577. The Morgan fingerprint density at radius 3 is 2.40 bits per heavy atom. The smallest absolute Gasteiger partial charge is 0.258 e. The van der Waals surface area contributed by atoms with Crippen molar-refractivity contribution in [3.63, 3.8) is 0 Å². The molecule has 0 aliphatic heterocycles. The minimum Gasteiger partial charge on any atom is -0.258 e. The number of hydrogen-bond acceptors (Lipinski definition) is 7. The van der Waals surface area contributed by atoms with E-state index >= 15 is 0 Å². The van der Waals surface area contributed by atoms with Crippen LogP contribution in [0, 0.1) is 20.2 Å². The van der Waals surface area contributed by atoms with Crippen LogP contribution in [0.5, 0.6) is 0 Å². The summed E-state index contributed by atoms with van der Waals surface area (Å²) in [7, 11) is 0. The SMILES string of the molecule is O=[N+]([O-])c1ccc2c(c1)c(-c1ccccc1)c([N+](=O)[O-])c1nnnn12. The first-order valence-corrected chi connectivity index (χ1v) is 7.10. The summed E-state index contributed by atoms with van der Waals surface area (Å²) >= 11 is 0. The molecule has 0 saturated carbocycles. The standard InChI is InChI=1S/C15H8N6O4/c22-20(23)10-6-7-12-11(8-10)13(9-4-2-1-3-5-9)14(21(24)25)15-16-17-18-19(12)15/h1-8H. The highest BCUT2D eigenvalue weighted by Crippen LogP contribution is 2.40. The fraction of sp³-hybridized carbons (Fsp3) is 0. The van der Waals surface area contributed by atoms with Crippen LogP contribution < -0.4 is 0 Å². The zero-order valence-corrected chi connectivity index (χ0v) is 12.4. The van der Waals surface area contributed by atoms with E-state index in [2.05, 4.69) is 15.5 Å². The fourth-order valence-corrected chi connectivity index (χ4v) is 2.83. The Morgan fingerprint density at radius 1 is 0.960 bits per heavy atom. The zero-order chi connectivity index (χ0) is 17.6. The summed E-state index contributed by atoms with van der Waals surface area (Å²) in [6.07, 6.45) is 0. The van der Waals surface area contributed by atoms with Crippen molar-refractivity contribution >= 4 is 27.9 Å². The van der Waals surface area contributed by atoms with Gasteiger partial charge in [-0.25, -0.2) is 0 Å². The third-order valence-corrected chi connectivity index (χ3v) is 3.85. The molecule has 4 aromatic rings. The highest BCUT2D eigenvalue weighted by molar-refractivity contribution is 6.04. The monoisotopic (exact) mass is 336 g/mol. The molecule has 2 aromatic heterocycles. The molecule has 0 aliphatic carbocycles. The number of pyridine rings is 1. The molecule has 10 nitrogen and oxygen atoms in total. The lowest BCUT2D eigenvalue weighted by Gasteiger charge is -2.09. The van der Waals surface area contributed by atoms with Crippen LogP contribution >= 0.6 is 0 Å². The van der Waals surface area contributed by atoms with Gasteiger partial charge in [0.15, 0.2) is 0 Å². The summed E-state index contributed by atoms with van der Waals surface area (Å²) < 4.78 is 1.21. The van der Waals surface area contributed by atoms with Gasteiger partial charge in [0.25, 0.3) is 11.3 Å². The number of rotatable bonds is 3. The second-order valence-electron chi connectivity index (χ2n) is 5.22. The van der Waals surface area contributed by atoms with E-state index < -0.39 is 9.85 Å². The van der Waals surface area contributed by atoms with E-state index in [0.29, 0.717) is 16.5 Å². The number of tetrazole rings is 1. The lowest BCUT2D eigenvalue weighted by molar-refractivity contribution is -0.384. The Labute approximate surface area is 138 Å². The first-order chi connectivity index (χ1) is 12.1. The highest BCUT2D eigenvalue weighted by Gasteiger charge is 2.28. The molecule has 0 amide bonds. The van der Waals surface area contributed by atoms with Crippen LogP contribution in [0.3, 0.4) is 0 Å². The van der Waals surface area contributed by atoms with Gasteiger partial charge in [0.1, 0.15) is 0 Å². The van der Waals surface area contributed by atoms with Crippen LogP contribution in [0.2, 0.25) is 0 Å². The molecule has 0 spiro atoms. The first kappa shape index (κ1) is 14.6. The number of hydrogen-bond donors (Lipinski definition) is 0. The number of benzene rings is 2. The molecule has 0 saturated heterocycles. The molecular formula is C15H8N6O4. The van der Waals surface area contributed by atoms with Gasteiger partial charge in [-0.3, -0.25) is 20.2 Å². The first-order valence-electron chi connectivity index (χ1n) is 7.10. The molecule has 0 atom stereocenters. The summed E-state index contributed by atoms with van der Waals surface area (Å²) in [4.78, 5) is 21.8. The average Bonchev–Trinajstić information content (AvgIpc) is 3.09. The summed E-state index contributed by atoms with van der Waals surface area (Å²) in [6, 6.07) is 12.7. The molecule has 2 heterocycles. The van der Waals surface area contributed by atoms with Gasteiger partial charge in [-0.05, 0) is 22.1 Å². The predicted octanol–water partition coefficient (Wildman–Crippen LogP) is 2.76. The molecule has 0 aliphatic rings. The van der Waals surface area contributed by atoms with E-state index in [-0.39, 0.29) is 22.6 Å². The molecule has 0 unspecified atom stereocenters. The number of fused-ring (bicyclic) bond motifs is 3. The van der Waals surface area contributed by atoms with E-state index in [1.54, 1.807) is 30.3 Å². The van der Waals surface area contributed by atoms with Crippen molar-refractivity contribution in [3.05, 3.63) is 68.8 Å². The van der Waals surface area contributed by atoms with E-state index in [9.17, 15) is 20.2 Å². The van der Waals surface area contributed by atoms with Crippen molar-refractivity contribution in [2.75, 3.05) is 0 Å². The molecule has 0 radical (unpaired) electrons. The predicted molar refractivity (Wildman–Crippen MR) is 87.0 cm³/mol. The topological polar surface area (TPSA) is 129 Å². The Kier molecular flexibility index (Phi) is 3.10. The van der Waals surface area contributed by atoms with Gasteiger partial charge in [0.05, 0.1) is 20.9 Å². The summed E-state index contributed by atoms with van der Waals surface area (Å²) in [5.41, 5.74) is 0.729. The van der Waals surface area contributed by atoms with E-state index in [1.165, 1.54) is 22.7 Å². The second-order valence-corrected chi connectivity index (χ2v) is 5.22. The summed E-state index contributed by atoms with van der Waals surface area (Å²) in [5, 5.41) is 34.3. The number of nitrogens with zero attached hydrogens (tertiary/aromatic N) is 6. The Balaban J connectivity index is 2.27. The van der Waals surface area contributed by atoms with Gasteiger partial charge >= 0.3 is 5.69 Å². The van der Waals surface area contributed by atoms with Crippen molar-refractivity contribution in [2.24, 2.45) is 0 Å². The van der Waals surface area contributed by atoms with Gasteiger partial charge < -0.3 is 0 Å². The average molecular weight is 336 g/mol. The number of nitro groups is 2. The molecule has 0 N–H and O–H groups in total. The van der Waals surface area contributed by atoms with Gasteiger partial charge in [-0.1, -0.05) is 30.3 Å². The number of nitro benzene ring substituents is 1. The van der Waals surface area contributed by atoms with E-state index in [1.807, 2.05) is 0 Å². The van der Waals surface area contributed by atoms with Crippen molar-refractivity contribution in [1.29, 1.82) is 0 Å². The summed E-state index contributed by atoms with van der Waals surface area (Å²) in [6.45, 7) is 0. The third kappa shape index (κ3) is 2.16. The molecule has 25 heavy (non-hydrogen) atoms. The van der Waals surface area contributed by atoms with Crippen LogP contribution in [0.1, 0.15) is 0 Å². The molecule has 2 aromatic carbocycles. The van der Waals surface area contributed by atoms with Crippen LogP contribution in [-0.2, 0) is 0 Å². The quantitative estimate of drug-likeness (QED) is 0.415. The van der Waals surface area contributed by atoms with Crippen molar-refractivity contribution in [3.8, 4) is 11.1 Å². The molecule has 4 rings (SSSR count). The number of aromatic nitrogens is 4. The molecule has 122 valence electrons. The minimum absolute atomic E-state index is 0.0230. The zero-order valence-electron chi connectivity index (χ0n) is 12.4. The fourth-order valence-electron chi connectivity index (χ4n) is 2.83. The maximum absolute atomic E-state index is 11.7. The lowest BCUT2D eigenvalue weighted by Crippen LogP contribution is -2.01. The van der Waals surface area contributed by atoms with Gasteiger partial charge in [0, 0.05) is 17.5 Å². The third-order valence-electron chi connectivity index (χ3n) is 3.85. The highest BCUT2D eigenvalue weighted by atomic mass is 16.6. The maximum Gasteiger partial charge on any atom is 0.324 e. The van der Waals surface area contributed by atoms with Crippen LogP contribution in [0.15, 0.2) is 48.5 Å². The van der Waals surface area contributed by atoms with E-state index in [0.717, 1.165) is 0 Å². The van der Waals surface area contributed by atoms with E-state index in [4.69, 9.17) is 0 Å². The normalized spacial score (nSPS) is 11.0. The van der Waals surface area contributed by atoms with Crippen molar-refractivity contribution < 1.29 is 9.85 Å². The largest absolute Gasteiger partial charge is 0.324 e. The molecule has 0 fully saturated rings. The number of non-ortho nitro benzene ring substituents is 1. The summed E-state index contributed by atoms with van der Waals surface area (Å²) in [5.74, 6) is 0. The molecule has 0 bridgehead atoms. The van der Waals surface area contributed by atoms with Crippen molar-refractivity contribution in [2.45, 2.75) is 0 Å². The van der Waals surface area contributed by atoms with Gasteiger partial charge in [-0.2, -0.15) is 4.52 Å². The molecular weight excluding hydrogens is 328 g/mol. The Morgan fingerprint density at radius 2 is 1.72 bits per heavy atom. The van der Waals surface area contributed by atoms with Crippen LogP contribution in [0.4, 0.5) is 11.4 Å². The van der Waals surface area contributed by atoms with Crippen molar-refractivity contribution in [1.82, 2.24) is 20.0 Å². The van der Waals surface area contributed by atoms with Gasteiger partial charge in [0.2, 0.25) is 0 Å². The van der Waals surface area contributed by atoms with Gasteiger partial charge in [-0.15, -0.1) is 5.10 Å². The van der Waals surface area contributed by atoms with Crippen LogP contribution in [-0.4, -0.2) is 29.9 Å². The Bertz CT molecular complexity index is 1160. The second kappa shape index (κ2) is 5.30. The lowest BCUT2D eigenvalue weighted by atomic mass is 9.99. The molecule has 10 heteroatoms.